The Morgan fingerprint density at radius 1 is 0.469 bits per heavy atom. The number of carbonyl (C=O) groups excluding carboxylic acids is 4. The molecular weight excluding hydrogens is 643 g/mol. The van der Waals surface area contributed by atoms with E-state index in [4.69, 9.17) is 21.7 Å². The minimum Gasteiger partial charge on any atom is -0.480 e. The molecule has 0 aromatic rings. The number of hydrazine groups is 2. The van der Waals surface area contributed by atoms with Gasteiger partial charge in [-0.15, -0.1) is 0 Å². The third-order valence-corrected chi connectivity index (χ3v) is 7.74. The number of carboxylic acid groups (broad SMARTS) is 2. The fourth-order valence-electron chi connectivity index (χ4n) is 4.74. The number of rotatable bonds is 32. The number of hydrogen-bond acceptors (Lipinski definition) is 8. The van der Waals surface area contributed by atoms with E-state index in [1.165, 1.54) is 77.0 Å². The maximum Gasteiger partial charge on any atom is 0.322 e. The zero-order valence-corrected chi connectivity index (χ0v) is 32.6. The molecule has 0 spiro atoms. The third-order valence-electron chi connectivity index (χ3n) is 7.74. The van der Waals surface area contributed by atoms with E-state index in [-0.39, 0.29) is 67.1 Å². The van der Waals surface area contributed by atoms with Crippen molar-refractivity contribution in [3.63, 3.8) is 0 Å². The molecule has 0 heterocycles. The van der Waals surface area contributed by atoms with Crippen LogP contribution < -0.4 is 33.2 Å². The average molecular weight is 710 g/mol. The van der Waals surface area contributed by atoms with Crippen molar-refractivity contribution in [3.05, 3.63) is 0 Å². The minimum absolute atomic E-state index is 0. The molecule has 0 saturated heterocycles. The third kappa shape index (κ3) is 38.4. The summed E-state index contributed by atoms with van der Waals surface area (Å²) in [5, 5.41) is 18.0. The van der Waals surface area contributed by atoms with E-state index in [9.17, 15) is 28.8 Å². The first kappa shape index (κ1) is 51.1. The van der Waals surface area contributed by atoms with E-state index in [2.05, 4.69) is 35.6 Å². The van der Waals surface area contributed by atoms with Crippen molar-refractivity contribution in [1.82, 2.24) is 21.7 Å². The molecule has 0 aromatic carbocycles. The standard InChI is InChI=1S/2C17H33N3O4.Na/c2*1-2-3-4-5-6-7-8-9-10-11-16(22)20-19-14(17(23)24)12-13-15(18)21;/h2*14,19H,2-13H2,1H3,(H2,18,21)(H,20,22)(H,23,24);/t2*14-;/m00./s1. The van der Waals surface area contributed by atoms with Gasteiger partial charge in [0, 0.05) is 55.2 Å². The molecule has 2 atom stereocenters. The van der Waals surface area contributed by atoms with Gasteiger partial charge < -0.3 is 21.7 Å². The zero-order valence-electron chi connectivity index (χ0n) is 30.6. The number of primary amides is 2. The predicted octanol–water partition coefficient (Wildman–Crippen LogP) is 4.11. The molecule has 0 bridgehead atoms. The van der Waals surface area contributed by atoms with Crippen LogP contribution in [0.25, 0.3) is 0 Å². The Balaban J connectivity index is -0.000000846. The summed E-state index contributed by atoms with van der Waals surface area (Å²) in [5.74, 6) is -3.85. The van der Waals surface area contributed by atoms with Gasteiger partial charge in [-0.25, -0.2) is 10.9 Å². The first-order valence-electron chi connectivity index (χ1n) is 18.0. The van der Waals surface area contributed by atoms with Gasteiger partial charge in [-0.1, -0.05) is 117 Å². The van der Waals surface area contributed by atoms with Crippen molar-refractivity contribution in [1.29, 1.82) is 0 Å². The summed E-state index contributed by atoms with van der Waals surface area (Å²) in [7, 11) is 0. The van der Waals surface area contributed by atoms with Gasteiger partial charge in [0.15, 0.2) is 0 Å². The molecular formula is C34H66N6NaO8. The summed E-state index contributed by atoms with van der Waals surface area (Å²) in [4.78, 5) is 66.6. The van der Waals surface area contributed by atoms with Crippen LogP contribution in [-0.4, -0.2) is 87.4 Å². The summed E-state index contributed by atoms with van der Waals surface area (Å²) >= 11 is 0. The SMILES string of the molecule is CCCCCCCCCCCC(=O)NN[C@@H](CCC(N)=O)C(=O)O.CCCCCCCCCCCC(=O)NN[C@@H](CCC(N)=O)C(=O)O.[Na]. The molecule has 4 amide bonds. The molecule has 0 aliphatic heterocycles. The van der Waals surface area contributed by atoms with Crippen LogP contribution in [0.5, 0.6) is 0 Å². The second-order valence-corrected chi connectivity index (χ2v) is 12.3. The molecule has 0 rings (SSSR count). The summed E-state index contributed by atoms with van der Waals surface area (Å²) in [6, 6.07) is -2.02. The van der Waals surface area contributed by atoms with E-state index in [0.717, 1.165) is 38.5 Å². The maximum atomic E-state index is 11.7. The quantitative estimate of drug-likeness (QED) is 0.0282. The first-order valence-corrected chi connectivity index (χ1v) is 18.0. The van der Waals surface area contributed by atoms with Crippen molar-refractivity contribution >= 4 is 65.1 Å². The van der Waals surface area contributed by atoms with Crippen LogP contribution in [0.1, 0.15) is 168 Å². The summed E-state index contributed by atoms with van der Waals surface area (Å²) in [6.45, 7) is 4.41. The molecule has 0 aliphatic carbocycles. The number of hydrogen-bond donors (Lipinski definition) is 8. The Morgan fingerprint density at radius 2 is 0.735 bits per heavy atom. The number of aliphatic carboxylic acids is 2. The molecule has 0 fully saturated rings. The van der Waals surface area contributed by atoms with Crippen molar-refractivity contribution in [2.75, 3.05) is 0 Å². The van der Waals surface area contributed by atoms with Crippen LogP contribution >= 0.6 is 0 Å². The van der Waals surface area contributed by atoms with Gasteiger partial charge >= 0.3 is 11.9 Å². The molecule has 0 aliphatic rings. The van der Waals surface area contributed by atoms with E-state index >= 15 is 0 Å². The van der Waals surface area contributed by atoms with Gasteiger partial charge in [-0.2, -0.15) is 0 Å². The topological polar surface area (TPSA) is 243 Å². The molecule has 1 radical (unpaired) electrons. The molecule has 0 unspecified atom stereocenters. The molecule has 0 saturated carbocycles. The van der Waals surface area contributed by atoms with Crippen LogP contribution in [0.4, 0.5) is 0 Å². The number of carboxylic acids is 2. The van der Waals surface area contributed by atoms with Crippen molar-refractivity contribution < 1.29 is 39.0 Å². The van der Waals surface area contributed by atoms with E-state index in [0.29, 0.717) is 12.8 Å². The minimum atomic E-state index is -1.13. The summed E-state index contributed by atoms with van der Waals surface area (Å²) in [5.41, 5.74) is 19.7. The van der Waals surface area contributed by atoms with E-state index < -0.39 is 35.8 Å². The number of nitrogens with one attached hydrogen (secondary N) is 4. The van der Waals surface area contributed by atoms with Crippen LogP contribution in [0.15, 0.2) is 0 Å². The Bertz CT molecular complexity index is 827. The number of nitrogens with two attached hydrogens (primary N) is 2. The van der Waals surface area contributed by atoms with E-state index in [1.54, 1.807) is 0 Å². The predicted molar refractivity (Wildman–Crippen MR) is 192 cm³/mol. The molecule has 49 heavy (non-hydrogen) atoms. The van der Waals surface area contributed by atoms with Crippen LogP contribution in [0, 0.1) is 0 Å². The fraction of sp³-hybridized carbons (Fsp3) is 0.824. The summed E-state index contributed by atoms with van der Waals surface area (Å²) < 4.78 is 0. The number of unbranched alkanes of at least 4 members (excludes halogenated alkanes) is 16. The van der Waals surface area contributed by atoms with Gasteiger partial charge in [-0.3, -0.25) is 39.6 Å². The smallest absolute Gasteiger partial charge is 0.322 e. The van der Waals surface area contributed by atoms with Crippen molar-refractivity contribution in [2.24, 2.45) is 11.5 Å². The van der Waals surface area contributed by atoms with Gasteiger partial charge in [0.2, 0.25) is 23.6 Å². The van der Waals surface area contributed by atoms with Crippen LogP contribution in [-0.2, 0) is 28.8 Å². The Hall–Kier alpha value is -2.26. The monoisotopic (exact) mass is 709 g/mol. The van der Waals surface area contributed by atoms with Gasteiger partial charge in [0.25, 0.3) is 0 Å². The zero-order chi connectivity index (χ0) is 36.4. The Kier molecular flexibility index (Phi) is 38.6. The second kappa shape index (κ2) is 37.0. The first-order chi connectivity index (χ1) is 22.9. The molecule has 15 heteroatoms. The average Bonchev–Trinajstić information content (AvgIpc) is 3.02. The van der Waals surface area contributed by atoms with Crippen molar-refractivity contribution in [2.45, 2.75) is 180 Å². The fourth-order valence-corrected chi connectivity index (χ4v) is 4.74. The number of carbonyl (C=O) groups is 6. The van der Waals surface area contributed by atoms with E-state index in [1.807, 2.05) is 0 Å². The van der Waals surface area contributed by atoms with Gasteiger partial charge in [0.1, 0.15) is 12.1 Å². The van der Waals surface area contributed by atoms with Gasteiger partial charge in [-0.05, 0) is 25.7 Å². The summed E-state index contributed by atoms with van der Waals surface area (Å²) in [6.07, 6.45) is 21.9. The molecule has 14 nitrogen and oxygen atoms in total. The normalized spacial score (nSPS) is 11.6. The van der Waals surface area contributed by atoms with Crippen LogP contribution in [0.2, 0.25) is 0 Å². The second-order valence-electron chi connectivity index (χ2n) is 12.3. The van der Waals surface area contributed by atoms with Crippen LogP contribution in [0.3, 0.4) is 0 Å². The van der Waals surface area contributed by atoms with Gasteiger partial charge in [0.05, 0.1) is 0 Å². The molecule has 281 valence electrons. The maximum absolute atomic E-state index is 11.7. The largest absolute Gasteiger partial charge is 0.480 e. The Morgan fingerprint density at radius 3 is 0.980 bits per heavy atom. The Labute approximate surface area is 316 Å². The molecule has 0 aromatic heterocycles. The van der Waals surface area contributed by atoms with Crippen molar-refractivity contribution in [3.8, 4) is 0 Å². The number of amides is 4. The molecule has 10 N–H and O–H groups in total.